The highest BCUT2D eigenvalue weighted by Crippen LogP contribution is 2.29. The normalized spacial score (nSPS) is 13.5. The highest BCUT2D eigenvalue weighted by molar-refractivity contribution is 6.30. The largest absolute Gasteiger partial charge is 0.493 e. The maximum Gasteiger partial charge on any atom is 0.251 e. The predicted molar refractivity (Wildman–Crippen MR) is 89.3 cm³/mol. The fourth-order valence-electron chi connectivity index (χ4n) is 2.17. The van der Waals surface area contributed by atoms with E-state index in [4.69, 9.17) is 21.1 Å². The highest BCUT2D eigenvalue weighted by Gasteiger charge is 2.24. The van der Waals surface area contributed by atoms with Gasteiger partial charge in [0.15, 0.2) is 11.5 Å². The van der Waals surface area contributed by atoms with Crippen LogP contribution in [-0.2, 0) is 6.61 Å². The van der Waals surface area contributed by atoms with E-state index in [1.807, 2.05) is 24.3 Å². The molecule has 2 aromatic rings. The fourth-order valence-corrected chi connectivity index (χ4v) is 2.29. The van der Waals surface area contributed by atoms with Crippen molar-refractivity contribution in [2.45, 2.75) is 25.5 Å². The number of amides is 1. The summed E-state index contributed by atoms with van der Waals surface area (Å²) in [5, 5.41) is 3.65. The van der Waals surface area contributed by atoms with Crippen LogP contribution in [0.25, 0.3) is 0 Å². The van der Waals surface area contributed by atoms with Crippen molar-refractivity contribution >= 4 is 17.5 Å². The molecule has 1 aliphatic rings. The molecule has 5 heteroatoms. The molecule has 4 nitrogen and oxygen atoms in total. The first kappa shape index (κ1) is 15.7. The molecule has 0 heterocycles. The average Bonchev–Trinajstić information content (AvgIpc) is 3.38. The molecule has 0 unspecified atom stereocenters. The third-order valence-electron chi connectivity index (χ3n) is 3.65. The highest BCUT2D eigenvalue weighted by atomic mass is 35.5. The molecule has 120 valence electrons. The SMILES string of the molecule is COc1cc(C(=O)NC2CC2)ccc1OCc1ccc(Cl)cc1. The first-order valence-corrected chi connectivity index (χ1v) is 7.89. The molecule has 1 fully saturated rings. The first-order chi connectivity index (χ1) is 11.2. The van der Waals surface area contributed by atoms with E-state index >= 15 is 0 Å². The Hall–Kier alpha value is -2.20. The van der Waals surface area contributed by atoms with Gasteiger partial charge in [-0.15, -0.1) is 0 Å². The van der Waals surface area contributed by atoms with Crippen LogP contribution in [0, 0.1) is 0 Å². The molecular formula is C18H18ClNO3. The lowest BCUT2D eigenvalue weighted by atomic mass is 10.2. The lowest BCUT2D eigenvalue weighted by molar-refractivity contribution is 0.0950. The maximum atomic E-state index is 12.1. The van der Waals surface area contributed by atoms with Crippen molar-refractivity contribution in [3.63, 3.8) is 0 Å². The molecule has 0 bridgehead atoms. The number of benzene rings is 2. The number of carbonyl (C=O) groups excluding carboxylic acids is 1. The monoisotopic (exact) mass is 331 g/mol. The van der Waals surface area contributed by atoms with Crippen molar-refractivity contribution in [2.24, 2.45) is 0 Å². The summed E-state index contributed by atoms with van der Waals surface area (Å²) in [5.74, 6) is 1.07. The molecule has 0 radical (unpaired) electrons. The Bertz CT molecular complexity index is 696. The molecule has 0 saturated heterocycles. The van der Waals surface area contributed by atoms with E-state index in [2.05, 4.69) is 5.32 Å². The second-order valence-corrected chi connectivity index (χ2v) is 5.96. The van der Waals surface area contributed by atoms with E-state index < -0.39 is 0 Å². The van der Waals surface area contributed by atoms with Crippen molar-refractivity contribution in [3.8, 4) is 11.5 Å². The second kappa shape index (κ2) is 6.92. The Balaban J connectivity index is 1.68. The number of methoxy groups -OCH3 is 1. The van der Waals surface area contributed by atoms with Gasteiger partial charge in [0.25, 0.3) is 5.91 Å². The van der Waals surface area contributed by atoms with E-state index in [1.165, 1.54) is 0 Å². The molecule has 2 aromatic carbocycles. The van der Waals surface area contributed by atoms with Gasteiger partial charge in [-0.2, -0.15) is 0 Å². The number of hydrogen-bond donors (Lipinski definition) is 1. The average molecular weight is 332 g/mol. The third kappa shape index (κ3) is 4.17. The van der Waals surface area contributed by atoms with Gasteiger partial charge < -0.3 is 14.8 Å². The molecule has 0 aliphatic heterocycles. The molecule has 0 aromatic heterocycles. The van der Waals surface area contributed by atoms with Gasteiger partial charge in [0.1, 0.15) is 6.61 Å². The number of carbonyl (C=O) groups is 1. The number of nitrogens with one attached hydrogen (secondary N) is 1. The summed E-state index contributed by atoms with van der Waals surface area (Å²) in [5.41, 5.74) is 1.58. The van der Waals surface area contributed by atoms with Crippen LogP contribution in [0.3, 0.4) is 0 Å². The van der Waals surface area contributed by atoms with Gasteiger partial charge >= 0.3 is 0 Å². The summed E-state index contributed by atoms with van der Waals surface area (Å²) in [6, 6.07) is 13.0. The summed E-state index contributed by atoms with van der Waals surface area (Å²) in [6.07, 6.45) is 2.12. The van der Waals surface area contributed by atoms with Gasteiger partial charge in [-0.05, 0) is 48.7 Å². The van der Waals surface area contributed by atoms with Crippen LogP contribution in [-0.4, -0.2) is 19.1 Å². The molecule has 0 spiro atoms. The lowest BCUT2D eigenvalue weighted by Gasteiger charge is -2.12. The van der Waals surface area contributed by atoms with E-state index in [9.17, 15) is 4.79 Å². The van der Waals surface area contributed by atoms with Crippen LogP contribution < -0.4 is 14.8 Å². The maximum absolute atomic E-state index is 12.1. The van der Waals surface area contributed by atoms with E-state index in [0.29, 0.717) is 34.7 Å². The minimum absolute atomic E-state index is 0.0740. The number of halogens is 1. The summed E-state index contributed by atoms with van der Waals surface area (Å²) in [4.78, 5) is 12.1. The van der Waals surface area contributed by atoms with Gasteiger partial charge in [0.2, 0.25) is 0 Å². The topological polar surface area (TPSA) is 47.6 Å². The van der Waals surface area contributed by atoms with Gasteiger partial charge in [0.05, 0.1) is 7.11 Å². The van der Waals surface area contributed by atoms with Crippen LogP contribution in [0.15, 0.2) is 42.5 Å². The number of hydrogen-bond acceptors (Lipinski definition) is 3. The minimum atomic E-state index is -0.0740. The smallest absolute Gasteiger partial charge is 0.251 e. The summed E-state index contributed by atoms with van der Waals surface area (Å²) in [6.45, 7) is 0.404. The molecular weight excluding hydrogens is 314 g/mol. The fraction of sp³-hybridized carbons (Fsp3) is 0.278. The van der Waals surface area contributed by atoms with Crippen LogP contribution in [0.2, 0.25) is 5.02 Å². The number of ether oxygens (including phenoxy) is 2. The Morgan fingerprint density at radius 3 is 2.57 bits per heavy atom. The van der Waals surface area contributed by atoms with Gasteiger partial charge in [-0.1, -0.05) is 23.7 Å². The van der Waals surface area contributed by atoms with Crippen LogP contribution >= 0.6 is 11.6 Å². The summed E-state index contributed by atoms with van der Waals surface area (Å²) >= 11 is 5.87. The Kier molecular flexibility index (Phi) is 4.72. The predicted octanol–water partition coefficient (Wildman–Crippen LogP) is 3.82. The lowest BCUT2D eigenvalue weighted by Crippen LogP contribution is -2.25. The van der Waals surface area contributed by atoms with Crippen molar-refractivity contribution in [3.05, 3.63) is 58.6 Å². The van der Waals surface area contributed by atoms with Gasteiger partial charge in [-0.25, -0.2) is 0 Å². The zero-order valence-corrected chi connectivity index (χ0v) is 13.6. The molecule has 0 atom stereocenters. The van der Waals surface area contributed by atoms with Crippen LogP contribution in [0.5, 0.6) is 11.5 Å². The minimum Gasteiger partial charge on any atom is -0.493 e. The van der Waals surface area contributed by atoms with E-state index in [-0.39, 0.29) is 5.91 Å². The van der Waals surface area contributed by atoms with Gasteiger partial charge in [-0.3, -0.25) is 4.79 Å². The van der Waals surface area contributed by atoms with Crippen LogP contribution in [0.1, 0.15) is 28.8 Å². The quantitative estimate of drug-likeness (QED) is 0.875. The zero-order chi connectivity index (χ0) is 16.2. The van der Waals surface area contributed by atoms with Crippen molar-refractivity contribution in [1.82, 2.24) is 5.32 Å². The Morgan fingerprint density at radius 1 is 1.17 bits per heavy atom. The standard InChI is InChI=1S/C18H18ClNO3/c1-22-17-10-13(18(21)20-15-7-8-15)4-9-16(17)23-11-12-2-5-14(19)6-3-12/h2-6,9-10,15H,7-8,11H2,1H3,(H,20,21). The van der Waals surface area contributed by atoms with E-state index in [1.54, 1.807) is 25.3 Å². The molecule has 1 amide bonds. The number of rotatable bonds is 6. The molecule has 23 heavy (non-hydrogen) atoms. The van der Waals surface area contributed by atoms with Crippen molar-refractivity contribution < 1.29 is 14.3 Å². The molecule has 1 saturated carbocycles. The Morgan fingerprint density at radius 2 is 1.91 bits per heavy atom. The van der Waals surface area contributed by atoms with E-state index in [0.717, 1.165) is 18.4 Å². The first-order valence-electron chi connectivity index (χ1n) is 7.52. The molecule has 1 N–H and O–H groups in total. The van der Waals surface area contributed by atoms with Gasteiger partial charge in [0, 0.05) is 16.6 Å². The molecule has 1 aliphatic carbocycles. The summed E-state index contributed by atoms with van der Waals surface area (Å²) < 4.78 is 11.1. The second-order valence-electron chi connectivity index (χ2n) is 5.53. The third-order valence-corrected chi connectivity index (χ3v) is 3.90. The van der Waals surface area contributed by atoms with Crippen LogP contribution in [0.4, 0.5) is 0 Å². The van der Waals surface area contributed by atoms with Crippen molar-refractivity contribution in [1.29, 1.82) is 0 Å². The van der Waals surface area contributed by atoms with Crippen molar-refractivity contribution in [2.75, 3.05) is 7.11 Å². The molecule has 3 rings (SSSR count). The summed E-state index contributed by atoms with van der Waals surface area (Å²) in [7, 11) is 1.56. The zero-order valence-electron chi connectivity index (χ0n) is 12.8. The Labute approximate surface area is 140 Å².